The largest absolute Gasteiger partial charge is 0.545 e. The molecule has 0 saturated heterocycles. The number of hydrogen-bond acceptors (Lipinski definition) is 2. The molecule has 0 aliphatic carbocycles. The Labute approximate surface area is 41.8 Å². The summed E-state index contributed by atoms with van der Waals surface area (Å²) in [6.07, 6.45) is 3.58. The van der Waals surface area contributed by atoms with Crippen LogP contribution in [0.1, 0.15) is 0 Å². The molecule has 2 nitrogen and oxygen atoms in total. The highest BCUT2D eigenvalue weighted by molar-refractivity contribution is 5.77. The Morgan fingerprint density at radius 3 is 2.43 bits per heavy atom. The van der Waals surface area contributed by atoms with Crippen LogP contribution >= 0.6 is 0 Å². The van der Waals surface area contributed by atoms with Crippen LogP contribution in [0.2, 0.25) is 0 Å². The van der Waals surface area contributed by atoms with E-state index in [0.29, 0.717) is 0 Å². The minimum atomic E-state index is -1.19. The molecule has 0 unspecified atom stereocenters. The van der Waals surface area contributed by atoms with Crippen LogP contribution in [0.5, 0.6) is 0 Å². The van der Waals surface area contributed by atoms with Gasteiger partial charge in [-0.05, 0) is 6.08 Å². The summed E-state index contributed by atoms with van der Waals surface area (Å²) in [4.78, 5) is 9.51. The molecule has 38 valence electrons. The van der Waals surface area contributed by atoms with Gasteiger partial charge in [0.2, 0.25) is 0 Å². The maximum absolute atomic E-state index is 9.51. The van der Waals surface area contributed by atoms with E-state index in [0.717, 1.165) is 6.08 Å². The second-order valence-electron chi connectivity index (χ2n) is 0.914. The first-order valence-electron chi connectivity index (χ1n) is 1.77. The third-order valence-corrected chi connectivity index (χ3v) is 0.368. The van der Waals surface area contributed by atoms with Crippen molar-refractivity contribution >= 4 is 5.97 Å². The Kier molecular flexibility index (Phi) is 2.68. The lowest BCUT2D eigenvalue weighted by Gasteiger charge is -1.84. The molecule has 0 aromatic carbocycles. The van der Waals surface area contributed by atoms with E-state index in [1.165, 1.54) is 12.2 Å². The number of allylic oxidation sites excluding steroid dienone is 2. The highest BCUT2D eigenvalue weighted by Crippen LogP contribution is 1.67. The first kappa shape index (κ1) is 5.95. The standard InChI is InChI=1S/C5H6O2/c1-2-3-4-5(6)7/h2-4H,1H2,(H,6,7)/p-1. The molecule has 0 saturated carbocycles. The molecule has 0 aromatic heterocycles. The van der Waals surface area contributed by atoms with Gasteiger partial charge in [-0.3, -0.25) is 0 Å². The fraction of sp³-hybridized carbons (Fsp3) is 0. The van der Waals surface area contributed by atoms with Crippen molar-refractivity contribution in [1.82, 2.24) is 0 Å². The van der Waals surface area contributed by atoms with Crippen LogP contribution in [0.15, 0.2) is 24.8 Å². The van der Waals surface area contributed by atoms with E-state index in [2.05, 4.69) is 6.58 Å². The maximum Gasteiger partial charge on any atom is 0.0642 e. The predicted octanol–water partition coefficient (Wildman–Crippen LogP) is -0.522. The zero-order valence-corrected chi connectivity index (χ0v) is 3.76. The number of carboxylic acid groups (broad SMARTS) is 1. The Bertz CT molecular complexity index is 103. The SMILES string of the molecule is C=CC=CC(=O)[O-]. The van der Waals surface area contributed by atoms with E-state index < -0.39 is 5.97 Å². The van der Waals surface area contributed by atoms with Gasteiger partial charge in [-0.1, -0.05) is 18.7 Å². The summed E-state index contributed by atoms with van der Waals surface area (Å²) in [7, 11) is 0. The molecule has 0 aliphatic rings. The highest BCUT2D eigenvalue weighted by atomic mass is 16.4. The second-order valence-corrected chi connectivity index (χ2v) is 0.914. The van der Waals surface area contributed by atoms with Crippen LogP contribution in [0.4, 0.5) is 0 Å². The number of carbonyl (C=O) groups is 1. The molecule has 0 spiro atoms. The van der Waals surface area contributed by atoms with Crippen molar-refractivity contribution in [3.05, 3.63) is 24.8 Å². The summed E-state index contributed by atoms with van der Waals surface area (Å²) in [5, 5.41) is 9.51. The molecule has 0 amide bonds. The van der Waals surface area contributed by atoms with Gasteiger partial charge in [-0.25, -0.2) is 0 Å². The van der Waals surface area contributed by atoms with Gasteiger partial charge >= 0.3 is 0 Å². The van der Waals surface area contributed by atoms with Crippen molar-refractivity contribution in [2.45, 2.75) is 0 Å². The third-order valence-electron chi connectivity index (χ3n) is 0.368. The average molecular weight is 97.1 g/mol. The quantitative estimate of drug-likeness (QED) is 0.343. The Balaban J connectivity index is 3.46. The molecule has 0 aliphatic heterocycles. The van der Waals surface area contributed by atoms with Gasteiger partial charge in [0.1, 0.15) is 0 Å². The predicted molar refractivity (Wildman–Crippen MR) is 24.3 cm³/mol. The van der Waals surface area contributed by atoms with Gasteiger partial charge in [0.05, 0.1) is 5.97 Å². The molecule has 2 heteroatoms. The van der Waals surface area contributed by atoms with Crippen LogP contribution in [0, 0.1) is 0 Å². The molecule has 0 heterocycles. The average Bonchev–Trinajstić information content (AvgIpc) is 1.61. The number of hydrogen-bond donors (Lipinski definition) is 0. The lowest BCUT2D eigenvalue weighted by atomic mass is 10.5. The van der Waals surface area contributed by atoms with Crippen LogP contribution in [-0.4, -0.2) is 5.97 Å². The van der Waals surface area contributed by atoms with Crippen LogP contribution < -0.4 is 5.11 Å². The van der Waals surface area contributed by atoms with Gasteiger partial charge < -0.3 is 9.90 Å². The van der Waals surface area contributed by atoms with Crippen molar-refractivity contribution in [2.75, 3.05) is 0 Å². The highest BCUT2D eigenvalue weighted by Gasteiger charge is 1.63. The summed E-state index contributed by atoms with van der Waals surface area (Å²) in [6, 6.07) is 0. The Morgan fingerprint density at radius 2 is 2.29 bits per heavy atom. The molecular formula is C5H5O2-. The molecule has 0 aromatic rings. The van der Waals surface area contributed by atoms with Crippen LogP contribution in [0.25, 0.3) is 0 Å². The third kappa shape index (κ3) is 4.95. The van der Waals surface area contributed by atoms with E-state index in [1.54, 1.807) is 0 Å². The molecule has 7 heavy (non-hydrogen) atoms. The van der Waals surface area contributed by atoms with Gasteiger partial charge in [0.25, 0.3) is 0 Å². The molecule has 0 fully saturated rings. The number of rotatable bonds is 2. The molecular weight excluding hydrogens is 92.1 g/mol. The van der Waals surface area contributed by atoms with Crippen molar-refractivity contribution < 1.29 is 9.90 Å². The number of carbonyl (C=O) groups excluding carboxylic acids is 1. The normalized spacial score (nSPS) is 9.14. The molecule has 0 N–H and O–H groups in total. The summed E-state index contributed by atoms with van der Waals surface area (Å²) < 4.78 is 0. The fourth-order valence-corrected chi connectivity index (χ4v) is 0.147. The Morgan fingerprint density at radius 1 is 1.71 bits per heavy atom. The van der Waals surface area contributed by atoms with Crippen LogP contribution in [0.3, 0.4) is 0 Å². The Hall–Kier alpha value is -1.05. The van der Waals surface area contributed by atoms with Gasteiger partial charge in [-0.2, -0.15) is 0 Å². The molecule has 0 bridgehead atoms. The van der Waals surface area contributed by atoms with Crippen molar-refractivity contribution in [2.24, 2.45) is 0 Å². The van der Waals surface area contributed by atoms with Gasteiger partial charge in [0, 0.05) is 0 Å². The minimum absolute atomic E-state index is 0.910. The number of aliphatic carboxylic acids is 1. The van der Waals surface area contributed by atoms with Gasteiger partial charge in [-0.15, -0.1) is 0 Å². The van der Waals surface area contributed by atoms with Crippen molar-refractivity contribution in [1.29, 1.82) is 0 Å². The summed E-state index contributed by atoms with van der Waals surface area (Å²) >= 11 is 0. The lowest BCUT2D eigenvalue weighted by Crippen LogP contribution is -2.18. The fourth-order valence-electron chi connectivity index (χ4n) is 0.147. The molecule has 0 rings (SSSR count). The first-order valence-corrected chi connectivity index (χ1v) is 1.77. The maximum atomic E-state index is 9.51. The smallest absolute Gasteiger partial charge is 0.0642 e. The number of carboxylic acids is 1. The zero-order valence-electron chi connectivity index (χ0n) is 3.76. The van der Waals surface area contributed by atoms with E-state index in [1.807, 2.05) is 0 Å². The van der Waals surface area contributed by atoms with Crippen molar-refractivity contribution in [3.63, 3.8) is 0 Å². The monoisotopic (exact) mass is 97.0 g/mol. The topological polar surface area (TPSA) is 40.1 Å². The second kappa shape index (κ2) is 3.15. The van der Waals surface area contributed by atoms with Crippen LogP contribution in [-0.2, 0) is 4.79 Å². The lowest BCUT2D eigenvalue weighted by molar-refractivity contribution is -0.297. The molecule has 0 radical (unpaired) electrons. The van der Waals surface area contributed by atoms with Crippen molar-refractivity contribution in [3.8, 4) is 0 Å². The van der Waals surface area contributed by atoms with E-state index in [9.17, 15) is 9.90 Å². The minimum Gasteiger partial charge on any atom is -0.545 e. The summed E-state index contributed by atoms with van der Waals surface area (Å²) in [6.45, 7) is 3.25. The first-order chi connectivity index (χ1) is 3.27. The van der Waals surface area contributed by atoms with Gasteiger partial charge in [0.15, 0.2) is 0 Å². The summed E-state index contributed by atoms with van der Waals surface area (Å²) in [5.74, 6) is -1.19. The molecule has 0 atom stereocenters. The van der Waals surface area contributed by atoms with E-state index in [-0.39, 0.29) is 0 Å². The van der Waals surface area contributed by atoms with E-state index >= 15 is 0 Å². The zero-order chi connectivity index (χ0) is 5.70. The summed E-state index contributed by atoms with van der Waals surface area (Å²) in [5.41, 5.74) is 0. The van der Waals surface area contributed by atoms with E-state index in [4.69, 9.17) is 0 Å².